The van der Waals surface area contributed by atoms with E-state index in [1.165, 1.54) is 0 Å². The second kappa shape index (κ2) is 12.7. The van der Waals surface area contributed by atoms with Crippen molar-refractivity contribution in [1.82, 2.24) is 4.90 Å². The Balaban J connectivity index is 1.32. The third-order valence-corrected chi connectivity index (χ3v) is 12.9. The van der Waals surface area contributed by atoms with E-state index in [0.29, 0.717) is 12.2 Å². The molecule has 0 radical (unpaired) electrons. The number of aliphatic hydroxyl groups excluding tert-OH is 1. The summed E-state index contributed by atoms with van der Waals surface area (Å²) in [5, 5.41) is 9.83. The number of para-hydroxylation sites is 1. The van der Waals surface area contributed by atoms with Crippen LogP contribution in [0.15, 0.2) is 77.3 Å². The van der Waals surface area contributed by atoms with Crippen molar-refractivity contribution in [3.8, 4) is 0 Å². The molecule has 11 heteroatoms. The zero-order valence-corrected chi connectivity index (χ0v) is 28.9. The molecule has 0 saturated carbocycles. The number of ether oxygens (including phenoxy) is 1. The molecule has 3 heterocycles. The molecule has 0 aromatic heterocycles. The van der Waals surface area contributed by atoms with Crippen LogP contribution in [-0.2, 0) is 31.3 Å². The number of amides is 3. The molecule has 3 amide bonds. The number of rotatable bonds is 9. The quantitative estimate of drug-likeness (QED) is 0.226. The monoisotopic (exact) mass is 705 g/mol. The summed E-state index contributed by atoms with van der Waals surface area (Å²) in [5.74, 6) is -0.738. The van der Waals surface area contributed by atoms with E-state index in [2.05, 4.69) is 15.9 Å². The van der Waals surface area contributed by atoms with E-state index in [-0.39, 0.29) is 43.0 Å². The normalized spacial score (nSPS) is 25.7. The summed E-state index contributed by atoms with van der Waals surface area (Å²) in [4.78, 5) is 56.8. The largest absolute Gasteiger partial charge is 0.432 e. The first kappa shape index (κ1) is 32.6. The van der Waals surface area contributed by atoms with Crippen LogP contribution in [0.25, 0.3) is 0 Å². The van der Waals surface area contributed by atoms with Gasteiger partial charge in [-0.25, -0.2) is 0 Å². The Morgan fingerprint density at radius 3 is 2.46 bits per heavy atom. The average Bonchev–Trinajstić information content (AvgIpc) is 3.69. The van der Waals surface area contributed by atoms with Crippen molar-refractivity contribution in [3.05, 3.63) is 88.4 Å². The number of halogens is 1. The van der Waals surface area contributed by atoms with Crippen LogP contribution in [-0.4, -0.2) is 66.6 Å². The first-order chi connectivity index (χ1) is 22.0. The summed E-state index contributed by atoms with van der Waals surface area (Å²) in [6.45, 7) is 6.43. The van der Waals surface area contributed by atoms with Gasteiger partial charge >= 0.3 is 0 Å². The molecule has 3 aromatic carbocycles. The predicted octanol–water partition coefficient (Wildman–Crippen LogP) is 5.46. The third-order valence-electron chi connectivity index (χ3n) is 9.92. The molecule has 2 fully saturated rings. The van der Waals surface area contributed by atoms with Gasteiger partial charge in [-0.05, 0) is 74.0 Å². The van der Waals surface area contributed by atoms with Gasteiger partial charge in [-0.3, -0.25) is 19.3 Å². The Kier molecular flexibility index (Phi) is 8.99. The highest BCUT2D eigenvalue weighted by atomic mass is 79.9. The van der Waals surface area contributed by atoms with Crippen molar-refractivity contribution in [3.63, 3.8) is 0 Å². The van der Waals surface area contributed by atoms with E-state index in [1.807, 2.05) is 92.8 Å². The summed E-state index contributed by atoms with van der Waals surface area (Å²) in [6, 6.07) is 22.4. The first-order valence-corrected chi connectivity index (χ1v) is 19.6. The lowest BCUT2D eigenvalue weighted by molar-refractivity contribution is -0.150. The van der Waals surface area contributed by atoms with Crippen molar-refractivity contribution in [2.45, 2.75) is 69.1 Å². The van der Waals surface area contributed by atoms with E-state index >= 15 is 0 Å². The Morgan fingerprint density at radius 1 is 1.11 bits per heavy atom. The highest BCUT2D eigenvalue weighted by Crippen LogP contribution is 2.60. The van der Waals surface area contributed by atoms with Crippen molar-refractivity contribution in [1.29, 1.82) is 0 Å². The van der Waals surface area contributed by atoms with Crippen LogP contribution >= 0.6 is 15.9 Å². The number of anilines is 3. The summed E-state index contributed by atoms with van der Waals surface area (Å²) in [7, 11) is -2.95. The van der Waals surface area contributed by atoms with Gasteiger partial charge in [0.2, 0.25) is 12.3 Å². The first-order valence-electron chi connectivity index (χ1n) is 15.8. The van der Waals surface area contributed by atoms with Gasteiger partial charge in [0.15, 0.2) is 13.9 Å². The SMILES string of the molecule is C[C@@H]1[C@@H]([Si](C)(C)O)[C@H](CC(=O)N2CCC[C@H]2CO)O[C@@]12C(=O)N(Cc1ccc(N(C=O)c3ccccc3)cc1)c1ccc(Br)cc12. The van der Waals surface area contributed by atoms with Gasteiger partial charge in [0.25, 0.3) is 5.91 Å². The Morgan fingerprint density at radius 2 is 1.80 bits per heavy atom. The van der Waals surface area contributed by atoms with E-state index in [4.69, 9.17) is 4.74 Å². The fraction of sp³-hybridized carbons (Fsp3) is 0.400. The average molecular weight is 707 g/mol. The third kappa shape index (κ3) is 5.62. The van der Waals surface area contributed by atoms with Gasteiger partial charge in [0.05, 0.1) is 37.4 Å². The molecule has 0 unspecified atom stereocenters. The molecular weight excluding hydrogens is 666 g/mol. The zero-order chi connectivity index (χ0) is 32.8. The smallest absolute Gasteiger partial charge is 0.264 e. The number of carbonyl (C=O) groups excluding carboxylic acids is 3. The molecule has 46 heavy (non-hydrogen) atoms. The van der Waals surface area contributed by atoms with Crippen LogP contribution in [0.4, 0.5) is 17.1 Å². The molecule has 242 valence electrons. The molecule has 5 atom stereocenters. The molecule has 2 saturated heterocycles. The van der Waals surface area contributed by atoms with Crippen LogP contribution < -0.4 is 9.80 Å². The minimum absolute atomic E-state index is 0.0387. The number of carbonyl (C=O) groups is 3. The summed E-state index contributed by atoms with van der Waals surface area (Å²) in [6.07, 6.45) is 1.75. The fourth-order valence-corrected chi connectivity index (χ4v) is 10.8. The Labute approximate surface area is 279 Å². The Bertz CT molecular complexity index is 1620. The lowest BCUT2D eigenvalue weighted by atomic mass is 9.82. The van der Waals surface area contributed by atoms with Crippen molar-refractivity contribution < 1.29 is 29.0 Å². The number of hydrogen-bond acceptors (Lipinski definition) is 6. The highest BCUT2D eigenvalue weighted by Gasteiger charge is 2.66. The van der Waals surface area contributed by atoms with Crippen LogP contribution in [0.2, 0.25) is 18.6 Å². The molecular formula is C35H40BrN3O6Si. The van der Waals surface area contributed by atoms with Crippen molar-refractivity contribution in [2.24, 2.45) is 5.92 Å². The number of nitrogens with zero attached hydrogens (tertiary/aromatic N) is 3. The van der Waals surface area contributed by atoms with Gasteiger partial charge in [0, 0.05) is 39.4 Å². The van der Waals surface area contributed by atoms with Gasteiger partial charge in [-0.2, -0.15) is 0 Å². The lowest BCUT2D eigenvalue weighted by Crippen LogP contribution is -2.46. The van der Waals surface area contributed by atoms with E-state index in [9.17, 15) is 24.3 Å². The van der Waals surface area contributed by atoms with Crippen LogP contribution in [0.3, 0.4) is 0 Å². The van der Waals surface area contributed by atoms with E-state index in [0.717, 1.165) is 46.2 Å². The number of benzene rings is 3. The van der Waals surface area contributed by atoms with Crippen LogP contribution in [0, 0.1) is 5.92 Å². The minimum atomic E-state index is -2.95. The molecule has 3 aromatic rings. The maximum atomic E-state index is 14.7. The second-order valence-corrected chi connectivity index (χ2v) is 18.0. The maximum Gasteiger partial charge on any atom is 0.264 e. The summed E-state index contributed by atoms with van der Waals surface area (Å²) in [5.41, 5.74) is 2.03. The summed E-state index contributed by atoms with van der Waals surface area (Å²) >= 11 is 3.60. The molecule has 3 aliphatic heterocycles. The lowest BCUT2D eigenvalue weighted by Gasteiger charge is -2.33. The zero-order valence-electron chi connectivity index (χ0n) is 26.3. The molecule has 9 nitrogen and oxygen atoms in total. The fourth-order valence-electron chi connectivity index (χ4n) is 7.85. The standard InChI is InChI=1S/C35H40BrN3O6Si/c1-23-33(46(2,3)44)31(19-32(42)37-17-7-10-28(37)21-40)45-35(23)29-18-25(36)13-16-30(29)38(34(35)43)20-24-11-14-27(15-12-24)39(22-41)26-8-5-4-6-9-26/h4-6,8-9,11-16,18,22-23,28,31,33,40,44H,7,10,17,19-21H2,1-3H3/t23-,28+,31+,33-,35+/m1/s1. The molecule has 0 aliphatic carbocycles. The minimum Gasteiger partial charge on any atom is -0.432 e. The number of likely N-dealkylation sites (tertiary alicyclic amines) is 1. The Hall–Kier alpha value is -3.35. The second-order valence-electron chi connectivity index (χ2n) is 13.2. The number of aliphatic hydroxyl groups is 1. The molecule has 1 spiro atoms. The maximum absolute atomic E-state index is 14.7. The van der Waals surface area contributed by atoms with Crippen LogP contribution in [0.5, 0.6) is 0 Å². The van der Waals surface area contributed by atoms with E-state index in [1.54, 1.807) is 14.7 Å². The van der Waals surface area contributed by atoms with Crippen molar-refractivity contribution >= 4 is 59.5 Å². The summed E-state index contributed by atoms with van der Waals surface area (Å²) < 4.78 is 7.64. The number of fused-ring (bicyclic) bond motifs is 2. The van der Waals surface area contributed by atoms with Gasteiger partial charge in [-0.1, -0.05) is 53.2 Å². The van der Waals surface area contributed by atoms with Gasteiger partial charge in [-0.15, -0.1) is 0 Å². The van der Waals surface area contributed by atoms with Gasteiger partial charge in [0.1, 0.15) is 0 Å². The molecule has 2 N–H and O–H groups in total. The predicted molar refractivity (Wildman–Crippen MR) is 182 cm³/mol. The molecule has 3 aliphatic rings. The topological polar surface area (TPSA) is 111 Å². The van der Waals surface area contributed by atoms with Crippen LogP contribution in [0.1, 0.15) is 37.3 Å². The van der Waals surface area contributed by atoms with Gasteiger partial charge < -0.3 is 24.4 Å². The molecule has 0 bridgehead atoms. The molecule has 6 rings (SSSR count). The number of hydrogen-bond donors (Lipinski definition) is 2. The highest BCUT2D eigenvalue weighted by molar-refractivity contribution is 9.10. The van der Waals surface area contributed by atoms with Crippen molar-refractivity contribution in [2.75, 3.05) is 23.0 Å². The van der Waals surface area contributed by atoms with E-state index < -0.39 is 25.9 Å².